The van der Waals surface area contributed by atoms with E-state index in [-0.39, 0.29) is 23.5 Å². The second-order valence-electron chi connectivity index (χ2n) is 7.45. The van der Waals surface area contributed by atoms with Gasteiger partial charge >= 0.3 is 0 Å². The number of aryl methyl sites for hydroxylation is 1. The van der Waals surface area contributed by atoms with Crippen LogP contribution in [0.25, 0.3) is 0 Å². The number of fused-ring (bicyclic) bond motifs is 1. The Balaban J connectivity index is 1.62. The number of hydrogen-bond acceptors (Lipinski definition) is 5. The van der Waals surface area contributed by atoms with Crippen molar-refractivity contribution in [3.05, 3.63) is 82.8 Å². The molecule has 1 aliphatic heterocycles. The average molecular weight is 372 g/mol. The van der Waals surface area contributed by atoms with E-state index in [2.05, 4.69) is 21.5 Å². The number of aromatic hydroxyl groups is 1. The van der Waals surface area contributed by atoms with Gasteiger partial charge in [0.1, 0.15) is 18.1 Å². The Labute approximate surface area is 162 Å². The second-order valence-corrected chi connectivity index (χ2v) is 7.45. The van der Waals surface area contributed by atoms with E-state index in [1.54, 1.807) is 16.8 Å². The number of rotatable bonds is 2. The smallest absolute Gasteiger partial charge is 0.226 e. The van der Waals surface area contributed by atoms with E-state index < -0.39 is 0 Å². The van der Waals surface area contributed by atoms with Crippen molar-refractivity contribution in [2.45, 2.75) is 31.7 Å². The van der Waals surface area contributed by atoms with Crippen LogP contribution in [0, 0.1) is 6.92 Å². The molecule has 0 saturated carbocycles. The Bertz CT molecular complexity index is 1110. The lowest BCUT2D eigenvalue weighted by Gasteiger charge is -2.35. The van der Waals surface area contributed by atoms with Crippen molar-refractivity contribution in [1.29, 1.82) is 0 Å². The van der Waals surface area contributed by atoms with Gasteiger partial charge in [0.2, 0.25) is 5.95 Å². The summed E-state index contributed by atoms with van der Waals surface area (Å²) < 4.78 is 1.78. The Morgan fingerprint density at radius 2 is 2.00 bits per heavy atom. The number of carbonyl (C=O) groups excluding carboxylic acids is 1. The zero-order valence-corrected chi connectivity index (χ0v) is 15.5. The second kappa shape index (κ2) is 6.34. The monoisotopic (exact) mass is 372 g/mol. The molecule has 2 heterocycles. The molecule has 2 N–H and O–H groups in total. The first-order chi connectivity index (χ1) is 13.6. The van der Waals surface area contributed by atoms with E-state index in [0.29, 0.717) is 18.8 Å². The average Bonchev–Trinajstić information content (AvgIpc) is 3.14. The Hall–Kier alpha value is -3.41. The summed E-state index contributed by atoms with van der Waals surface area (Å²) in [6.07, 6.45) is 2.52. The van der Waals surface area contributed by atoms with E-state index in [0.717, 1.165) is 28.0 Å². The number of ketones is 1. The van der Waals surface area contributed by atoms with E-state index in [1.165, 1.54) is 6.33 Å². The van der Waals surface area contributed by atoms with Gasteiger partial charge in [0, 0.05) is 23.6 Å². The number of nitrogens with zero attached hydrogens (tertiary/aromatic N) is 3. The molecule has 0 fully saturated rings. The number of aromatic nitrogens is 3. The van der Waals surface area contributed by atoms with Crippen LogP contribution in [0.3, 0.4) is 0 Å². The third-order valence-electron chi connectivity index (χ3n) is 5.60. The van der Waals surface area contributed by atoms with Gasteiger partial charge in [-0.1, -0.05) is 48.0 Å². The standard InChI is InChI=1S/C22H20N4O2/c1-13-5-4-6-14(9-13)21-20-17(25-22-23-12-24-26(21)22)10-15(11-19(20)28)16-7-2-3-8-18(16)27/h2-9,12,15,21,27H,10-11H2,1H3,(H,23,24,25)/t15-,21+/m1/s1. The minimum Gasteiger partial charge on any atom is -0.508 e. The van der Waals surface area contributed by atoms with Gasteiger partial charge < -0.3 is 10.4 Å². The number of allylic oxidation sites excluding steroid dienone is 2. The predicted molar refractivity (Wildman–Crippen MR) is 105 cm³/mol. The third-order valence-corrected chi connectivity index (χ3v) is 5.60. The summed E-state index contributed by atoms with van der Waals surface area (Å²) in [6, 6.07) is 15.1. The molecular weight excluding hydrogens is 352 g/mol. The van der Waals surface area contributed by atoms with Gasteiger partial charge in [-0.05, 0) is 30.5 Å². The highest BCUT2D eigenvalue weighted by Crippen LogP contribution is 2.45. The van der Waals surface area contributed by atoms with Gasteiger partial charge in [-0.25, -0.2) is 4.68 Å². The molecule has 0 spiro atoms. The first-order valence-corrected chi connectivity index (χ1v) is 9.39. The Morgan fingerprint density at radius 3 is 2.82 bits per heavy atom. The van der Waals surface area contributed by atoms with Crippen LogP contribution in [-0.4, -0.2) is 25.7 Å². The maximum Gasteiger partial charge on any atom is 0.226 e. The quantitative estimate of drug-likeness (QED) is 0.717. The summed E-state index contributed by atoms with van der Waals surface area (Å²) in [7, 11) is 0. The Kier molecular flexibility index (Phi) is 3.79. The van der Waals surface area contributed by atoms with Crippen LogP contribution in [0.5, 0.6) is 5.75 Å². The molecule has 28 heavy (non-hydrogen) atoms. The largest absolute Gasteiger partial charge is 0.508 e. The molecule has 2 aromatic carbocycles. The highest BCUT2D eigenvalue weighted by atomic mass is 16.3. The molecule has 0 bridgehead atoms. The fourth-order valence-electron chi connectivity index (χ4n) is 4.35. The van der Waals surface area contributed by atoms with Crippen LogP contribution >= 0.6 is 0 Å². The third kappa shape index (κ3) is 2.60. The number of anilines is 1. The van der Waals surface area contributed by atoms with Gasteiger partial charge in [-0.2, -0.15) is 10.1 Å². The number of phenolic OH excluding ortho intramolecular Hbond substituents is 1. The summed E-state index contributed by atoms with van der Waals surface area (Å²) in [5.41, 5.74) is 4.58. The van der Waals surface area contributed by atoms with Gasteiger partial charge in [0.15, 0.2) is 5.78 Å². The van der Waals surface area contributed by atoms with Crippen molar-refractivity contribution >= 4 is 11.7 Å². The molecule has 1 aromatic heterocycles. The SMILES string of the molecule is Cc1cccc([C@H]2C3=C(C[C@@H](c4ccccc4O)CC3=O)Nc3ncnn32)c1. The van der Waals surface area contributed by atoms with Crippen LogP contribution < -0.4 is 5.32 Å². The van der Waals surface area contributed by atoms with Crippen LogP contribution in [0.15, 0.2) is 66.1 Å². The van der Waals surface area contributed by atoms with Crippen molar-refractivity contribution in [2.75, 3.05) is 5.32 Å². The maximum atomic E-state index is 13.3. The van der Waals surface area contributed by atoms with Gasteiger partial charge in [-0.15, -0.1) is 0 Å². The van der Waals surface area contributed by atoms with Gasteiger partial charge in [0.05, 0.1) is 0 Å². The fourth-order valence-corrected chi connectivity index (χ4v) is 4.35. The normalized spacial score (nSPS) is 21.1. The lowest BCUT2D eigenvalue weighted by atomic mass is 9.77. The van der Waals surface area contributed by atoms with Crippen LogP contribution in [0.4, 0.5) is 5.95 Å². The summed E-state index contributed by atoms with van der Waals surface area (Å²) in [6.45, 7) is 2.04. The number of carbonyl (C=O) groups is 1. The van der Waals surface area contributed by atoms with Crippen molar-refractivity contribution < 1.29 is 9.90 Å². The Morgan fingerprint density at radius 1 is 1.14 bits per heavy atom. The molecule has 0 amide bonds. The summed E-state index contributed by atoms with van der Waals surface area (Å²) in [4.78, 5) is 17.6. The first-order valence-electron chi connectivity index (χ1n) is 9.39. The number of nitrogens with one attached hydrogen (secondary N) is 1. The first kappa shape index (κ1) is 16.7. The molecule has 1 aliphatic carbocycles. The zero-order valence-electron chi connectivity index (χ0n) is 15.5. The maximum absolute atomic E-state index is 13.3. The highest BCUT2D eigenvalue weighted by Gasteiger charge is 2.39. The van der Waals surface area contributed by atoms with Crippen LogP contribution in [-0.2, 0) is 4.79 Å². The van der Waals surface area contributed by atoms with Crippen molar-refractivity contribution in [2.24, 2.45) is 0 Å². The van der Waals surface area contributed by atoms with Crippen LogP contribution in [0.1, 0.15) is 41.5 Å². The van der Waals surface area contributed by atoms with Crippen molar-refractivity contribution in [3.8, 4) is 5.75 Å². The molecule has 6 nitrogen and oxygen atoms in total. The van der Waals surface area contributed by atoms with Crippen molar-refractivity contribution in [1.82, 2.24) is 14.8 Å². The fraction of sp³-hybridized carbons (Fsp3) is 0.227. The number of para-hydroxylation sites is 1. The number of benzene rings is 2. The molecule has 140 valence electrons. The van der Waals surface area contributed by atoms with E-state index in [1.807, 2.05) is 37.3 Å². The molecule has 5 rings (SSSR count). The molecule has 2 atom stereocenters. The lowest BCUT2D eigenvalue weighted by molar-refractivity contribution is -0.116. The summed E-state index contributed by atoms with van der Waals surface area (Å²) in [5.74, 6) is 0.886. The number of hydrogen-bond donors (Lipinski definition) is 2. The summed E-state index contributed by atoms with van der Waals surface area (Å²) >= 11 is 0. The zero-order chi connectivity index (χ0) is 19.3. The minimum atomic E-state index is -0.286. The van der Waals surface area contributed by atoms with Crippen molar-refractivity contribution in [3.63, 3.8) is 0 Å². The lowest BCUT2D eigenvalue weighted by Crippen LogP contribution is -2.33. The molecular formula is C22H20N4O2. The van der Waals surface area contributed by atoms with Crippen LogP contribution in [0.2, 0.25) is 0 Å². The number of phenols is 1. The molecule has 0 unspecified atom stereocenters. The summed E-state index contributed by atoms with van der Waals surface area (Å²) in [5, 5.41) is 17.9. The molecule has 2 aliphatic rings. The number of Topliss-reactive ketones (excluding diaryl/α,β-unsaturated/α-hetero) is 1. The van der Waals surface area contributed by atoms with E-state index >= 15 is 0 Å². The molecule has 6 heteroatoms. The minimum absolute atomic E-state index is 0.0624. The highest BCUT2D eigenvalue weighted by molar-refractivity contribution is 6.00. The van der Waals surface area contributed by atoms with E-state index in [9.17, 15) is 9.90 Å². The molecule has 3 aromatic rings. The molecule has 0 saturated heterocycles. The van der Waals surface area contributed by atoms with Gasteiger partial charge in [0.25, 0.3) is 0 Å². The van der Waals surface area contributed by atoms with E-state index in [4.69, 9.17) is 0 Å². The van der Waals surface area contributed by atoms with Gasteiger partial charge in [-0.3, -0.25) is 4.79 Å². The topological polar surface area (TPSA) is 80.0 Å². The predicted octanol–water partition coefficient (Wildman–Crippen LogP) is 3.71. The molecule has 0 radical (unpaired) electrons.